The van der Waals surface area contributed by atoms with E-state index in [4.69, 9.17) is 0 Å². The van der Waals surface area contributed by atoms with Crippen LogP contribution >= 0.6 is 0 Å². The van der Waals surface area contributed by atoms with Gasteiger partial charge in [0.05, 0.1) is 17.6 Å². The van der Waals surface area contributed by atoms with Crippen LogP contribution in [0.15, 0.2) is 29.2 Å². The van der Waals surface area contributed by atoms with Crippen molar-refractivity contribution >= 4 is 16.0 Å². The molecule has 0 saturated carbocycles. The first kappa shape index (κ1) is 16.7. The first-order valence-corrected chi connectivity index (χ1v) is 8.10. The van der Waals surface area contributed by atoms with Crippen molar-refractivity contribution in [3.8, 4) is 0 Å². The first-order valence-electron chi connectivity index (χ1n) is 6.66. The molecule has 0 aromatic heterocycles. The third kappa shape index (κ3) is 3.58. The number of ether oxygens (including phenoxy) is 1. The van der Waals surface area contributed by atoms with Gasteiger partial charge in [-0.3, -0.25) is 0 Å². The molecular formula is C14H21NO4S. The molecule has 0 fully saturated rings. The van der Waals surface area contributed by atoms with Crippen LogP contribution in [0.1, 0.15) is 37.0 Å². The zero-order valence-corrected chi connectivity index (χ0v) is 12.9. The number of esters is 1. The predicted molar refractivity (Wildman–Crippen MR) is 77.1 cm³/mol. The second-order valence-corrected chi connectivity index (χ2v) is 6.30. The van der Waals surface area contributed by atoms with Gasteiger partial charge in [-0.25, -0.2) is 13.2 Å². The predicted octanol–water partition coefficient (Wildman–Crippen LogP) is 2.28. The molecule has 0 heterocycles. The second-order valence-electron chi connectivity index (χ2n) is 4.39. The maximum absolute atomic E-state index is 12.7. The van der Waals surface area contributed by atoms with Crippen LogP contribution in [0.2, 0.25) is 0 Å². The van der Waals surface area contributed by atoms with Crippen LogP contribution < -0.4 is 0 Å². The van der Waals surface area contributed by atoms with E-state index in [0.29, 0.717) is 13.1 Å². The molecule has 0 saturated heterocycles. The van der Waals surface area contributed by atoms with E-state index < -0.39 is 16.0 Å². The fourth-order valence-corrected chi connectivity index (χ4v) is 3.76. The molecule has 1 aromatic carbocycles. The summed E-state index contributed by atoms with van der Waals surface area (Å²) >= 11 is 0. The van der Waals surface area contributed by atoms with Gasteiger partial charge in [-0.05, 0) is 25.0 Å². The van der Waals surface area contributed by atoms with Crippen molar-refractivity contribution in [1.82, 2.24) is 4.31 Å². The van der Waals surface area contributed by atoms with Gasteiger partial charge in [-0.1, -0.05) is 26.0 Å². The molecule has 0 bridgehead atoms. The molecule has 112 valence electrons. The highest BCUT2D eigenvalue weighted by atomic mass is 32.2. The molecule has 0 radical (unpaired) electrons. The van der Waals surface area contributed by atoms with E-state index in [1.807, 2.05) is 13.8 Å². The molecule has 0 N–H and O–H groups in total. The van der Waals surface area contributed by atoms with Crippen molar-refractivity contribution in [2.24, 2.45) is 0 Å². The molecule has 5 nitrogen and oxygen atoms in total. The van der Waals surface area contributed by atoms with E-state index in [2.05, 4.69) is 4.74 Å². The van der Waals surface area contributed by atoms with Gasteiger partial charge in [0.1, 0.15) is 0 Å². The average Bonchev–Trinajstić information content (AvgIpc) is 2.46. The zero-order valence-electron chi connectivity index (χ0n) is 12.1. The van der Waals surface area contributed by atoms with Crippen molar-refractivity contribution in [3.05, 3.63) is 29.8 Å². The Kier molecular flexibility index (Phi) is 6.16. The Morgan fingerprint density at radius 1 is 1.15 bits per heavy atom. The third-order valence-electron chi connectivity index (χ3n) is 2.86. The Balaban J connectivity index is 3.30. The second kappa shape index (κ2) is 7.40. The van der Waals surface area contributed by atoms with Gasteiger partial charge in [0.15, 0.2) is 0 Å². The van der Waals surface area contributed by atoms with Crippen LogP contribution in [-0.2, 0) is 14.8 Å². The Hall–Kier alpha value is -1.40. The average molecular weight is 299 g/mol. The summed E-state index contributed by atoms with van der Waals surface area (Å²) < 4.78 is 31.4. The first-order chi connectivity index (χ1) is 9.48. The molecule has 0 aliphatic heterocycles. The van der Waals surface area contributed by atoms with Crippen molar-refractivity contribution in [2.45, 2.75) is 31.6 Å². The van der Waals surface area contributed by atoms with Crippen molar-refractivity contribution in [3.63, 3.8) is 0 Å². The van der Waals surface area contributed by atoms with Crippen LogP contribution in [0, 0.1) is 0 Å². The molecule has 1 rings (SSSR count). The molecular weight excluding hydrogens is 278 g/mol. The normalized spacial score (nSPS) is 11.6. The quantitative estimate of drug-likeness (QED) is 0.725. The summed E-state index contributed by atoms with van der Waals surface area (Å²) in [6.07, 6.45) is 1.44. The van der Waals surface area contributed by atoms with E-state index in [1.165, 1.54) is 23.5 Å². The summed E-state index contributed by atoms with van der Waals surface area (Å²) in [7, 11) is -2.44. The lowest BCUT2D eigenvalue weighted by atomic mass is 10.2. The Morgan fingerprint density at radius 2 is 1.70 bits per heavy atom. The van der Waals surface area contributed by atoms with E-state index >= 15 is 0 Å². The summed E-state index contributed by atoms with van der Waals surface area (Å²) in [5.41, 5.74) is 0.0761. The van der Waals surface area contributed by atoms with Crippen LogP contribution in [0.5, 0.6) is 0 Å². The van der Waals surface area contributed by atoms with Crippen LogP contribution in [0.25, 0.3) is 0 Å². The number of benzene rings is 1. The Morgan fingerprint density at radius 3 is 2.20 bits per heavy atom. The van der Waals surface area contributed by atoms with Gasteiger partial charge in [0, 0.05) is 13.1 Å². The van der Waals surface area contributed by atoms with E-state index in [1.54, 1.807) is 12.1 Å². The minimum Gasteiger partial charge on any atom is -0.465 e. The number of rotatable bonds is 7. The largest absolute Gasteiger partial charge is 0.465 e. The fourth-order valence-electron chi connectivity index (χ4n) is 1.96. The number of hydrogen-bond donors (Lipinski definition) is 0. The van der Waals surface area contributed by atoms with Gasteiger partial charge >= 0.3 is 5.97 Å². The maximum atomic E-state index is 12.7. The lowest BCUT2D eigenvalue weighted by Crippen LogP contribution is -2.33. The van der Waals surface area contributed by atoms with Crippen LogP contribution in [0.4, 0.5) is 0 Å². The maximum Gasteiger partial charge on any atom is 0.339 e. The van der Waals surface area contributed by atoms with Crippen molar-refractivity contribution < 1.29 is 17.9 Å². The number of sulfonamides is 1. The summed E-state index contributed by atoms with van der Waals surface area (Å²) in [6, 6.07) is 6.14. The number of nitrogens with zero attached hydrogens (tertiary/aromatic N) is 1. The van der Waals surface area contributed by atoms with Crippen molar-refractivity contribution in [2.75, 3.05) is 20.2 Å². The lowest BCUT2D eigenvalue weighted by molar-refractivity contribution is 0.0596. The topological polar surface area (TPSA) is 63.7 Å². The number of carbonyl (C=O) groups excluding carboxylic acids is 1. The monoisotopic (exact) mass is 299 g/mol. The number of hydrogen-bond acceptors (Lipinski definition) is 4. The smallest absolute Gasteiger partial charge is 0.339 e. The Bertz CT molecular complexity index is 548. The van der Waals surface area contributed by atoms with Gasteiger partial charge in [-0.15, -0.1) is 0 Å². The van der Waals surface area contributed by atoms with E-state index in [-0.39, 0.29) is 10.5 Å². The summed E-state index contributed by atoms with van der Waals surface area (Å²) in [5.74, 6) is -0.642. The minimum absolute atomic E-state index is 0.00810. The molecule has 0 spiro atoms. The number of methoxy groups -OCH3 is 1. The van der Waals surface area contributed by atoms with Gasteiger partial charge < -0.3 is 4.74 Å². The van der Waals surface area contributed by atoms with Gasteiger partial charge in [0.2, 0.25) is 10.0 Å². The highest BCUT2D eigenvalue weighted by Crippen LogP contribution is 2.21. The molecule has 6 heteroatoms. The summed E-state index contributed by atoms with van der Waals surface area (Å²) in [4.78, 5) is 11.7. The SMILES string of the molecule is CCCN(CCC)S(=O)(=O)c1ccccc1C(=O)OC. The molecule has 0 aliphatic rings. The summed E-state index contributed by atoms with van der Waals surface area (Å²) in [5, 5.41) is 0. The van der Waals surface area contributed by atoms with E-state index in [0.717, 1.165) is 12.8 Å². The highest BCUT2D eigenvalue weighted by molar-refractivity contribution is 7.89. The fraction of sp³-hybridized carbons (Fsp3) is 0.500. The third-order valence-corrected chi connectivity index (χ3v) is 4.81. The minimum atomic E-state index is -3.68. The number of carbonyl (C=O) groups is 1. The molecule has 0 amide bonds. The molecule has 20 heavy (non-hydrogen) atoms. The molecule has 0 aliphatic carbocycles. The van der Waals surface area contributed by atoms with E-state index in [9.17, 15) is 13.2 Å². The lowest BCUT2D eigenvalue weighted by Gasteiger charge is -2.22. The molecule has 1 aromatic rings. The van der Waals surface area contributed by atoms with Crippen LogP contribution in [0.3, 0.4) is 0 Å². The highest BCUT2D eigenvalue weighted by Gasteiger charge is 2.28. The molecule has 0 atom stereocenters. The van der Waals surface area contributed by atoms with Gasteiger partial charge in [0.25, 0.3) is 0 Å². The van der Waals surface area contributed by atoms with Gasteiger partial charge in [-0.2, -0.15) is 4.31 Å². The zero-order chi connectivity index (χ0) is 15.2. The molecule has 0 unspecified atom stereocenters. The van der Waals surface area contributed by atoms with Crippen LogP contribution in [-0.4, -0.2) is 38.9 Å². The Labute approximate surface area is 120 Å². The standard InChI is InChI=1S/C14H21NO4S/c1-4-10-15(11-5-2)20(17,18)13-9-7-6-8-12(13)14(16)19-3/h6-9H,4-5,10-11H2,1-3H3. The summed E-state index contributed by atoms with van der Waals surface area (Å²) in [6.45, 7) is 4.71. The van der Waals surface area contributed by atoms with Crippen molar-refractivity contribution in [1.29, 1.82) is 0 Å².